The number of hydrazine groups is 1. The summed E-state index contributed by atoms with van der Waals surface area (Å²) in [5, 5.41) is 0. The molecule has 3 N–H and O–H groups in total. The smallest absolute Gasteiger partial charge is 0.0604 e. The highest BCUT2D eigenvalue weighted by Gasteiger charge is 2.38. The van der Waals surface area contributed by atoms with Gasteiger partial charge in [0.1, 0.15) is 0 Å². The molecular weight excluding hydrogens is 216 g/mol. The van der Waals surface area contributed by atoms with E-state index in [1.807, 2.05) is 11.8 Å². The molecular formula is C13H20N2S. The van der Waals surface area contributed by atoms with E-state index in [9.17, 15) is 0 Å². The number of hydrogen-bond donors (Lipinski definition) is 2. The molecule has 2 rings (SSSR count). The Kier molecular flexibility index (Phi) is 3.57. The first-order valence-electron chi connectivity index (χ1n) is 5.82. The van der Waals surface area contributed by atoms with Crippen molar-refractivity contribution in [1.29, 1.82) is 0 Å². The summed E-state index contributed by atoms with van der Waals surface area (Å²) in [6, 6.07) is 8.93. The van der Waals surface area contributed by atoms with Crippen LogP contribution in [0.25, 0.3) is 0 Å². The van der Waals surface area contributed by atoms with Crippen LogP contribution in [0.3, 0.4) is 0 Å². The van der Waals surface area contributed by atoms with Gasteiger partial charge in [0, 0.05) is 4.75 Å². The highest BCUT2D eigenvalue weighted by atomic mass is 32.2. The molecule has 1 aromatic carbocycles. The van der Waals surface area contributed by atoms with Crippen LogP contribution in [0.5, 0.6) is 0 Å². The Hall–Kier alpha value is -0.510. The molecule has 1 aromatic rings. The third kappa shape index (κ3) is 2.26. The molecule has 0 aromatic heterocycles. The average Bonchev–Trinajstić information content (AvgIpc) is 2.70. The summed E-state index contributed by atoms with van der Waals surface area (Å²) >= 11 is 2.03. The van der Waals surface area contributed by atoms with Gasteiger partial charge in [0.05, 0.1) is 6.04 Å². The number of rotatable bonds is 3. The Balaban J connectivity index is 2.25. The predicted molar refractivity (Wildman–Crippen MR) is 71.3 cm³/mol. The Morgan fingerprint density at radius 2 is 2.06 bits per heavy atom. The van der Waals surface area contributed by atoms with Crippen LogP contribution in [0, 0.1) is 6.92 Å². The number of nitrogens with two attached hydrogens (primary N) is 1. The van der Waals surface area contributed by atoms with E-state index in [2.05, 4.69) is 43.5 Å². The van der Waals surface area contributed by atoms with E-state index in [0.29, 0.717) is 0 Å². The van der Waals surface area contributed by atoms with E-state index in [-0.39, 0.29) is 10.8 Å². The van der Waals surface area contributed by atoms with Gasteiger partial charge in [-0.2, -0.15) is 11.8 Å². The largest absolute Gasteiger partial charge is 0.271 e. The zero-order valence-corrected chi connectivity index (χ0v) is 10.8. The van der Waals surface area contributed by atoms with Crippen molar-refractivity contribution < 1.29 is 0 Å². The van der Waals surface area contributed by atoms with Crippen molar-refractivity contribution in [1.82, 2.24) is 5.43 Å². The van der Waals surface area contributed by atoms with Gasteiger partial charge in [0.15, 0.2) is 0 Å². The van der Waals surface area contributed by atoms with Crippen molar-refractivity contribution in [3.63, 3.8) is 0 Å². The third-order valence-electron chi connectivity index (χ3n) is 3.44. The number of nitrogens with one attached hydrogen (secondary N) is 1. The number of aryl methyl sites for hydroxylation is 1. The van der Waals surface area contributed by atoms with Crippen molar-refractivity contribution >= 4 is 11.8 Å². The molecule has 2 nitrogen and oxygen atoms in total. The standard InChI is InChI=1S/C13H20N2S/c1-10-4-6-11(7-5-10)12(15-14)13(2)8-3-9-16-13/h4-7,12,15H,3,8-9,14H2,1-2H3. The van der Waals surface area contributed by atoms with Crippen LogP contribution in [0.2, 0.25) is 0 Å². The first kappa shape index (κ1) is 12.0. The summed E-state index contributed by atoms with van der Waals surface area (Å²) in [6.07, 6.45) is 2.53. The normalized spacial score (nSPS) is 26.9. The molecule has 0 radical (unpaired) electrons. The van der Waals surface area contributed by atoms with Gasteiger partial charge >= 0.3 is 0 Å². The van der Waals surface area contributed by atoms with E-state index >= 15 is 0 Å². The molecule has 1 heterocycles. The van der Waals surface area contributed by atoms with Gasteiger partial charge in [-0.1, -0.05) is 29.8 Å². The molecule has 1 saturated heterocycles. The van der Waals surface area contributed by atoms with E-state index in [1.54, 1.807) is 0 Å². The molecule has 1 fully saturated rings. The fourth-order valence-corrected chi connectivity index (χ4v) is 3.83. The zero-order valence-electron chi connectivity index (χ0n) is 9.99. The summed E-state index contributed by atoms with van der Waals surface area (Å²) in [5.74, 6) is 7.00. The van der Waals surface area contributed by atoms with Crippen LogP contribution in [-0.2, 0) is 0 Å². The Morgan fingerprint density at radius 3 is 2.56 bits per heavy atom. The topological polar surface area (TPSA) is 38.0 Å². The second-order valence-electron chi connectivity index (χ2n) is 4.78. The third-order valence-corrected chi connectivity index (χ3v) is 5.03. The van der Waals surface area contributed by atoms with E-state index in [1.165, 1.54) is 29.7 Å². The van der Waals surface area contributed by atoms with Crippen LogP contribution in [-0.4, -0.2) is 10.5 Å². The second kappa shape index (κ2) is 4.78. The molecule has 1 aliphatic rings. The lowest BCUT2D eigenvalue weighted by molar-refractivity contribution is 0.421. The highest BCUT2D eigenvalue weighted by Crippen LogP contribution is 2.46. The summed E-state index contributed by atoms with van der Waals surface area (Å²) < 4.78 is 0.240. The van der Waals surface area contributed by atoms with Crippen molar-refractivity contribution in [2.45, 2.75) is 37.5 Å². The molecule has 0 bridgehead atoms. The lowest BCUT2D eigenvalue weighted by Gasteiger charge is -2.33. The highest BCUT2D eigenvalue weighted by molar-refractivity contribution is 8.00. The Morgan fingerprint density at radius 1 is 1.38 bits per heavy atom. The lowest BCUT2D eigenvalue weighted by atomic mass is 9.90. The first-order valence-corrected chi connectivity index (χ1v) is 6.81. The van der Waals surface area contributed by atoms with Crippen LogP contribution < -0.4 is 11.3 Å². The quantitative estimate of drug-likeness (QED) is 0.626. The molecule has 16 heavy (non-hydrogen) atoms. The Bertz CT molecular complexity index is 341. The first-order chi connectivity index (χ1) is 7.65. The predicted octanol–water partition coefficient (Wildman–Crippen LogP) is 2.79. The van der Waals surface area contributed by atoms with E-state index in [0.717, 1.165) is 0 Å². The maximum atomic E-state index is 5.74. The van der Waals surface area contributed by atoms with Gasteiger partial charge in [0.25, 0.3) is 0 Å². The summed E-state index contributed by atoms with van der Waals surface area (Å²) in [4.78, 5) is 0. The van der Waals surface area contributed by atoms with Gasteiger partial charge in [-0.3, -0.25) is 11.3 Å². The molecule has 1 aliphatic heterocycles. The number of thioether (sulfide) groups is 1. The average molecular weight is 236 g/mol. The maximum absolute atomic E-state index is 5.74. The molecule has 0 amide bonds. The number of hydrogen-bond acceptors (Lipinski definition) is 3. The van der Waals surface area contributed by atoms with Crippen LogP contribution in [0.4, 0.5) is 0 Å². The van der Waals surface area contributed by atoms with Crippen LogP contribution >= 0.6 is 11.8 Å². The molecule has 0 saturated carbocycles. The minimum atomic E-state index is 0.240. The van der Waals surface area contributed by atoms with Crippen LogP contribution in [0.1, 0.15) is 36.9 Å². The van der Waals surface area contributed by atoms with Gasteiger partial charge in [0.2, 0.25) is 0 Å². The molecule has 88 valence electrons. The van der Waals surface area contributed by atoms with Crippen LogP contribution in [0.15, 0.2) is 24.3 Å². The molecule has 2 atom stereocenters. The second-order valence-corrected chi connectivity index (χ2v) is 6.40. The Labute approximate surface area is 102 Å². The fourth-order valence-electron chi connectivity index (χ4n) is 2.41. The monoisotopic (exact) mass is 236 g/mol. The lowest BCUT2D eigenvalue weighted by Crippen LogP contribution is -2.41. The van der Waals surface area contributed by atoms with Crippen molar-refractivity contribution in [3.05, 3.63) is 35.4 Å². The SMILES string of the molecule is Cc1ccc(C(NN)C2(C)CCCS2)cc1. The fraction of sp³-hybridized carbons (Fsp3) is 0.538. The van der Waals surface area contributed by atoms with Gasteiger partial charge in [-0.05, 0) is 38.0 Å². The molecule has 0 aliphatic carbocycles. The molecule has 2 unspecified atom stereocenters. The summed E-state index contributed by atoms with van der Waals surface area (Å²) in [5.41, 5.74) is 5.59. The summed E-state index contributed by atoms with van der Waals surface area (Å²) in [6.45, 7) is 4.43. The van der Waals surface area contributed by atoms with E-state index < -0.39 is 0 Å². The molecule has 3 heteroatoms. The van der Waals surface area contributed by atoms with Crippen molar-refractivity contribution in [3.8, 4) is 0 Å². The minimum absolute atomic E-state index is 0.240. The van der Waals surface area contributed by atoms with Gasteiger partial charge in [-0.15, -0.1) is 0 Å². The number of benzene rings is 1. The molecule has 0 spiro atoms. The van der Waals surface area contributed by atoms with Crippen molar-refractivity contribution in [2.24, 2.45) is 5.84 Å². The van der Waals surface area contributed by atoms with E-state index in [4.69, 9.17) is 5.84 Å². The summed E-state index contributed by atoms with van der Waals surface area (Å²) in [7, 11) is 0. The van der Waals surface area contributed by atoms with Gasteiger partial charge in [-0.25, -0.2) is 0 Å². The van der Waals surface area contributed by atoms with Crippen molar-refractivity contribution in [2.75, 3.05) is 5.75 Å². The zero-order chi connectivity index (χ0) is 11.6. The minimum Gasteiger partial charge on any atom is -0.271 e. The maximum Gasteiger partial charge on any atom is 0.0604 e. The van der Waals surface area contributed by atoms with Gasteiger partial charge < -0.3 is 0 Å².